The van der Waals surface area contributed by atoms with Crippen LogP contribution < -0.4 is 5.32 Å². The highest BCUT2D eigenvalue weighted by Crippen LogP contribution is 2.37. The van der Waals surface area contributed by atoms with Crippen molar-refractivity contribution in [3.63, 3.8) is 0 Å². The van der Waals surface area contributed by atoms with Crippen LogP contribution in [0.1, 0.15) is 17.4 Å². The average molecular weight is 389 g/mol. The fraction of sp³-hybridized carbons (Fsp3) is 0.400. The zero-order valence-corrected chi connectivity index (χ0v) is 15.7. The Morgan fingerprint density at radius 1 is 1.33 bits per heavy atom. The van der Waals surface area contributed by atoms with Gasteiger partial charge in [-0.1, -0.05) is 29.3 Å². The summed E-state index contributed by atoms with van der Waals surface area (Å²) in [6, 6.07) is 2.85. The van der Waals surface area contributed by atoms with Crippen LogP contribution in [-0.2, 0) is 17.1 Å². The summed E-state index contributed by atoms with van der Waals surface area (Å²) in [6.07, 6.45) is 3.45. The first-order valence-electron chi connectivity index (χ1n) is 7.48. The van der Waals surface area contributed by atoms with Gasteiger partial charge in [0.2, 0.25) is 10.0 Å². The molecule has 1 unspecified atom stereocenters. The molecule has 1 aromatic carbocycles. The van der Waals surface area contributed by atoms with Crippen LogP contribution in [0.3, 0.4) is 0 Å². The Morgan fingerprint density at radius 2 is 2.08 bits per heavy atom. The molecule has 3 rings (SSSR count). The van der Waals surface area contributed by atoms with Gasteiger partial charge >= 0.3 is 0 Å². The molecule has 1 aliphatic heterocycles. The number of sulfonamides is 1. The summed E-state index contributed by atoms with van der Waals surface area (Å²) >= 11 is 12.5. The third-order valence-electron chi connectivity index (χ3n) is 4.16. The van der Waals surface area contributed by atoms with E-state index in [1.807, 2.05) is 11.6 Å². The number of hydrogen-bond acceptors (Lipinski definition) is 4. The van der Waals surface area contributed by atoms with Gasteiger partial charge in [0.05, 0.1) is 16.1 Å². The Kier molecular flexibility index (Phi) is 4.90. The van der Waals surface area contributed by atoms with Gasteiger partial charge in [0.15, 0.2) is 0 Å². The third-order valence-corrected chi connectivity index (χ3v) is 7.18. The number of imidazole rings is 1. The van der Waals surface area contributed by atoms with E-state index in [0.717, 1.165) is 0 Å². The molecule has 1 aromatic heterocycles. The number of nitrogens with zero attached hydrogens (tertiary/aromatic N) is 3. The van der Waals surface area contributed by atoms with Gasteiger partial charge in [0.1, 0.15) is 10.7 Å². The molecule has 1 atom stereocenters. The number of aryl methyl sites for hydroxylation is 2. The van der Waals surface area contributed by atoms with E-state index >= 15 is 0 Å². The maximum Gasteiger partial charge on any atom is 0.246 e. The van der Waals surface area contributed by atoms with E-state index in [1.165, 1.54) is 4.31 Å². The Balaban J connectivity index is 2.11. The highest BCUT2D eigenvalue weighted by Gasteiger charge is 2.38. The fourth-order valence-electron chi connectivity index (χ4n) is 2.88. The summed E-state index contributed by atoms with van der Waals surface area (Å²) in [7, 11) is -2.02. The van der Waals surface area contributed by atoms with Crippen molar-refractivity contribution in [3.05, 3.63) is 46.0 Å². The summed E-state index contributed by atoms with van der Waals surface area (Å²) in [5.74, 6) is 0.672. The molecule has 9 heteroatoms. The van der Waals surface area contributed by atoms with Crippen LogP contribution >= 0.6 is 23.2 Å². The monoisotopic (exact) mass is 388 g/mol. The predicted molar refractivity (Wildman–Crippen MR) is 93.9 cm³/mol. The SMILES string of the molecule is Cc1ccc(Cl)c(S(=O)(=O)N2CCNCC2c2nccn2C)c1Cl. The number of piperazine rings is 1. The molecule has 1 fully saturated rings. The lowest BCUT2D eigenvalue weighted by molar-refractivity contribution is 0.258. The second-order valence-corrected chi connectivity index (χ2v) is 8.35. The second kappa shape index (κ2) is 6.65. The van der Waals surface area contributed by atoms with Gasteiger partial charge in [-0.3, -0.25) is 0 Å². The minimum Gasteiger partial charge on any atom is -0.337 e. The van der Waals surface area contributed by atoms with Gasteiger partial charge in [-0.05, 0) is 18.6 Å². The molecule has 1 aliphatic rings. The van der Waals surface area contributed by atoms with Crippen molar-refractivity contribution in [2.45, 2.75) is 17.9 Å². The zero-order valence-electron chi connectivity index (χ0n) is 13.3. The Labute approximate surface area is 151 Å². The molecule has 1 N–H and O–H groups in total. The third kappa shape index (κ3) is 2.95. The van der Waals surface area contributed by atoms with E-state index in [2.05, 4.69) is 10.3 Å². The van der Waals surface area contributed by atoms with Crippen molar-refractivity contribution in [2.24, 2.45) is 7.05 Å². The fourth-order valence-corrected chi connectivity index (χ4v) is 5.60. The highest BCUT2D eigenvalue weighted by molar-refractivity contribution is 7.89. The number of benzene rings is 1. The molecule has 0 radical (unpaired) electrons. The summed E-state index contributed by atoms with van der Waals surface area (Å²) in [6.45, 7) is 3.11. The van der Waals surface area contributed by atoms with Gasteiger partial charge in [0, 0.05) is 39.1 Å². The quantitative estimate of drug-likeness (QED) is 0.876. The minimum absolute atomic E-state index is 0.0352. The van der Waals surface area contributed by atoms with E-state index in [0.29, 0.717) is 31.0 Å². The lowest BCUT2D eigenvalue weighted by atomic mass is 10.2. The predicted octanol–water partition coefficient (Wildman–Crippen LogP) is 2.37. The van der Waals surface area contributed by atoms with Crippen molar-refractivity contribution >= 4 is 33.2 Å². The smallest absolute Gasteiger partial charge is 0.246 e. The first-order valence-corrected chi connectivity index (χ1v) is 9.68. The number of rotatable bonds is 3. The number of halogens is 2. The normalized spacial score (nSPS) is 19.6. The Bertz CT molecular complexity index is 866. The Hall–Kier alpha value is -1.12. The molecule has 130 valence electrons. The number of nitrogens with one attached hydrogen (secondary N) is 1. The van der Waals surface area contributed by atoms with Crippen LogP contribution in [0.15, 0.2) is 29.4 Å². The topological polar surface area (TPSA) is 67.2 Å². The lowest BCUT2D eigenvalue weighted by Crippen LogP contribution is -2.49. The molecular weight excluding hydrogens is 371 g/mol. The number of aromatic nitrogens is 2. The highest BCUT2D eigenvalue weighted by atomic mass is 35.5. The van der Waals surface area contributed by atoms with Crippen molar-refractivity contribution in [3.8, 4) is 0 Å². The van der Waals surface area contributed by atoms with Crippen LogP contribution in [0.2, 0.25) is 10.0 Å². The molecule has 0 amide bonds. The first kappa shape index (κ1) is 17.7. The molecule has 0 saturated carbocycles. The molecule has 1 saturated heterocycles. The summed E-state index contributed by atoms with van der Waals surface area (Å²) < 4.78 is 29.8. The standard InChI is InChI=1S/C15H18Cl2N4O2S/c1-10-3-4-11(16)14(13(10)17)24(22,23)21-8-5-18-9-12(21)15-19-6-7-20(15)2/h3-4,6-7,12,18H,5,8-9H2,1-2H3. The van der Waals surface area contributed by atoms with Crippen molar-refractivity contribution in [2.75, 3.05) is 19.6 Å². The summed E-state index contributed by atoms with van der Waals surface area (Å²) in [4.78, 5) is 4.27. The van der Waals surface area contributed by atoms with Gasteiger partial charge in [-0.2, -0.15) is 4.31 Å². The molecule has 2 heterocycles. The largest absolute Gasteiger partial charge is 0.337 e. The maximum absolute atomic E-state index is 13.3. The van der Waals surface area contributed by atoms with Gasteiger partial charge < -0.3 is 9.88 Å². The molecule has 0 aliphatic carbocycles. The molecule has 2 aromatic rings. The van der Waals surface area contributed by atoms with Crippen LogP contribution in [0.25, 0.3) is 0 Å². The van der Waals surface area contributed by atoms with Gasteiger partial charge in [-0.25, -0.2) is 13.4 Å². The van der Waals surface area contributed by atoms with Crippen molar-refractivity contribution < 1.29 is 8.42 Å². The van der Waals surface area contributed by atoms with Crippen LogP contribution in [0.5, 0.6) is 0 Å². The minimum atomic E-state index is -3.86. The van der Waals surface area contributed by atoms with Crippen LogP contribution in [0, 0.1) is 6.92 Å². The molecular formula is C15H18Cl2N4O2S. The van der Waals surface area contributed by atoms with E-state index in [-0.39, 0.29) is 14.9 Å². The van der Waals surface area contributed by atoms with Gasteiger partial charge in [0.25, 0.3) is 0 Å². The summed E-state index contributed by atoms with van der Waals surface area (Å²) in [5.41, 5.74) is 0.670. The summed E-state index contributed by atoms with van der Waals surface area (Å²) in [5, 5.41) is 3.51. The zero-order chi connectivity index (χ0) is 17.5. The Morgan fingerprint density at radius 3 is 2.75 bits per heavy atom. The van der Waals surface area contributed by atoms with E-state index in [1.54, 1.807) is 31.5 Å². The molecule has 6 nitrogen and oxygen atoms in total. The van der Waals surface area contributed by atoms with Crippen LogP contribution in [-0.4, -0.2) is 41.9 Å². The van der Waals surface area contributed by atoms with Crippen molar-refractivity contribution in [1.29, 1.82) is 0 Å². The van der Waals surface area contributed by atoms with E-state index in [4.69, 9.17) is 23.2 Å². The van der Waals surface area contributed by atoms with Crippen LogP contribution in [0.4, 0.5) is 0 Å². The molecule has 0 bridgehead atoms. The van der Waals surface area contributed by atoms with E-state index < -0.39 is 16.1 Å². The van der Waals surface area contributed by atoms with Gasteiger partial charge in [-0.15, -0.1) is 0 Å². The lowest BCUT2D eigenvalue weighted by Gasteiger charge is -2.35. The van der Waals surface area contributed by atoms with E-state index in [9.17, 15) is 8.42 Å². The first-order chi connectivity index (χ1) is 11.3. The maximum atomic E-state index is 13.3. The van der Waals surface area contributed by atoms with Crippen molar-refractivity contribution in [1.82, 2.24) is 19.2 Å². The molecule has 24 heavy (non-hydrogen) atoms. The second-order valence-electron chi connectivity index (χ2n) is 5.74. The number of hydrogen-bond donors (Lipinski definition) is 1. The molecule has 0 spiro atoms. The average Bonchev–Trinajstić information content (AvgIpc) is 2.97.